The fourth-order valence-electron chi connectivity index (χ4n) is 1.09. The lowest BCUT2D eigenvalue weighted by atomic mass is 10.3. The van der Waals surface area contributed by atoms with Crippen molar-refractivity contribution in [1.29, 1.82) is 0 Å². The van der Waals surface area contributed by atoms with Gasteiger partial charge in [0, 0.05) is 10.7 Å². The van der Waals surface area contributed by atoms with Gasteiger partial charge in [0.25, 0.3) is 0 Å². The van der Waals surface area contributed by atoms with E-state index in [-0.39, 0.29) is 5.82 Å². The van der Waals surface area contributed by atoms with Crippen molar-refractivity contribution in [3.8, 4) is 0 Å². The van der Waals surface area contributed by atoms with Crippen molar-refractivity contribution < 1.29 is 4.39 Å². The Balaban J connectivity index is 2.25. The minimum Gasteiger partial charge on any atom is -0.338 e. The normalized spacial score (nSPS) is 10.0. The lowest BCUT2D eigenvalue weighted by Crippen LogP contribution is -1.95. The number of halogens is 2. The number of nitrogens with one attached hydrogen (secondary N) is 1. The largest absolute Gasteiger partial charge is 0.338 e. The average molecular weight is 268 g/mol. The first kappa shape index (κ1) is 10.0. The van der Waals surface area contributed by atoms with Gasteiger partial charge in [-0.25, -0.2) is 14.4 Å². The van der Waals surface area contributed by atoms with E-state index in [1.807, 2.05) is 0 Å². The van der Waals surface area contributed by atoms with Gasteiger partial charge in [0.05, 0.1) is 5.69 Å². The van der Waals surface area contributed by atoms with Crippen LogP contribution < -0.4 is 5.32 Å². The smallest absolute Gasteiger partial charge is 0.147 e. The second-order valence-electron chi connectivity index (χ2n) is 2.84. The molecule has 0 fully saturated rings. The van der Waals surface area contributed by atoms with E-state index in [1.165, 1.54) is 12.4 Å². The highest BCUT2D eigenvalue weighted by Gasteiger charge is 2.02. The highest BCUT2D eigenvalue weighted by Crippen LogP contribution is 2.21. The van der Waals surface area contributed by atoms with Crippen LogP contribution in [0.25, 0.3) is 0 Å². The topological polar surface area (TPSA) is 37.8 Å². The molecule has 1 N–H and O–H groups in total. The van der Waals surface area contributed by atoms with Gasteiger partial charge in [-0.3, -0.25) is 0 Å². The van der Waals surface area contributed by atoms with Crippen LogP contribution in [0.1, 0.15) is 0 Å². The first-order valence-corrected chi connectivity index (χ1v) is 5.03. The number of hydrogen-bond donors (Lipinski definition) is 1. The molecule has 0 amide bonds. The molecule has 2 aromatic rings. The van der Waals surface area contributed by atoms with Gasteiger partial charge < -0.3 is 5.32 Å². The van der Waals surface area contributed by atoms with Gasteiger partial charge in [-0.1, -0.05) is 15.9 Å². The molecule has 0 saturated carbocycles. The van der Waals surface area contributed by atoms with Crippen molar-refractivity contribution in [3.63, 3.8) is 0 Å². The Morgan fingerprint density at radius 3 is 2.80 bits per heavy atom. The molecule has 0 aliphatic rings. The van der Waals surface area contributed by atoms with Crippen LogP contribution in [0.15, 0.2) is 41.3 Å². The van der Waals surface area contributed by atoms with Crippen LogP contribution in [0.2, 0.25) is 0 Å². The minimum atomic E-state index is -0.331. The average Bonchev–Trinajstić information content (AvgIpc) is 2.24. The Labute approximate surface area is 94.5 Å². The van der Waals surface area contributed by atoms with E-state index >= 15 is 0 Å². The molecule has 2 rings (SSSR count). The molecular weight excluding hydrogens is 261 g/mol. The van der Waals surface area contributed by atoms with Crippen molar-refractivity contribution in [2.75, 3.05) is 5.32 Å². The molecule has 1 aromatic carbocycles. The quantitative estimate of drug-likeness (QED) is 0.909. The van der Waals surface area contributed by atoms with E-state index in [0.717, 1.165) is 0 Å². The molecule has 0 spiro atoms. The van der Waals surface area contributed by atoms with Crippen molar-refractivity contribution >= 4 is 27.4 Å². The molecule has 1 aromatic heterocycles. The predicted molar refractivity (Wildman–Crippen MR) is 59.4 cm³/mol. The second-order valence-corrected chi connectivity index (χ2v) is 3.76. The number of rotatable bonds is 2. The zero-order valence-electron chi connectivity index (χ0n) is 7.61. The summed E-state index contributed by atoms with van der Waals surface area (Å²) in [7, 11) is 0. The molecule has 0 saturated heterocycles. The lowest BCUT2D eigenvalue weighted by molar-refractivity contribution is 0.631. The Morgan fingerprint density at radius 1 is 1.27 bits per heavy atom. The van der Waals surface area contributed by atoms with Crippen LogP contribution in [-0.4, -0.2) is 9.97 Å². The third-order valence-electron chi connectivity index (χ3n) is 1.78. The molecule has 15 heavy (non-hydrogen) atoms. The van der Waals surface area contributed by atoms with Crippen LogP contribution >= 0.6 is 15.9 Å². The molecule has 0 radical (unpaired) electrons. The van der Waals surface area contributed by atoms with Crippen LogP contribution in [0.5, 0.6) is 0 Å². The highest BCUT2D eigenvalue weighted by atomic mass is 79.9. The molecule has 76 valence electrons. The second kappa shape index (κ2) is 4.35. The molecule has 0 aliphatic heterocycles. The Kier molecular flexibility index (Phi) is 2.91. The monoisotopic (exact) mass is 267 g/mol. The molecule has 0 unspecified atom stereocenters. The number of hydrogen-bond acceptors (Lipinski definition) is 3. The van der Waals surface area contributed by atoms with Crippen LogP contribution in [0.3, 0.4) is 0 Å². The van der Waals surface area contributed by atoms with Gasteiger partial charge in [0.15, 0.2) is 0 Å². The van der Waals surface area contributed by atoms with E-state index in [9.17, 15) is 4.39 Å². The Morgan fingerprint density at radius 2 is 2.13 bits per heavy atom. The molecular formula is C10H7BrFN3. The third kappa shape index (κ3) is 2.50. The third-order valence-corrected chi connectivity index (χ3v) is 2.27. The van der Waals surface area contributed by atoms with Gasteiger partial charge >= 0.3 is 0 Å². The Hall–Kier alpha value is -1.49. The summed E-state index contributed by atoms with van der Waals surface area (Å²) in [5, 5.41) is 2.85. The van der Waals surface area contributed by atoms with E-state index < -0.39 is 0 Å². The number of nitrogens with zero attached hydrogens (tertiary/aromatic N) is 2. The lowest BCUT2D eigenvalue weighted by Gasteiger charge is -2.05. The maximum atomic E-state index is 13.4. The number of benzene rings is 1. The standard InChI is InChI=1S/C10H7BrFN3/c11-7-1-2-9(8(12)5-7)15-10-3-4-13-6-14-10/h1-6H,(H,13,14,15). The summed E-state index contributed by atoms with van der Waals surface area (Å²) in [5.74, 6) is 0.231. The van der Waals surface area contributed by atoms with Gasteiger partial charge in [-0.2, -0.15) is 0 Å². The zero-order chi connectivity index (χ0) is 10.7. The minimum absolute atomic E-state index is 0.331. The molecule has 0 bridgehead atoms. The van der Waals surface area contributed by atoms with E-state index in [2.05, 4.69) is 31.2 Å². The summed E-state index contributed by atoms with van der Waals surface area (Å²) in [6.07, 6.45) is 2.99. The number of aromatic nitrogens is 2. The van der Waals surface area contributed by atoms with Crippen LogP contribution in [0, 0.1) is 5.82 Å². The van der Waals surface area contributed by atoms with Gasteiger partial charge in [-0.05, 0) is 24.3 Å². The van der Waals surface area contributed by atoms with E-state index in [0.29, 0.717) is 16.0 Å². The number of anilines is 2. The summed E-state index contributed by atoms with van der Waals surface area (Å²) in [4.78, 5) is 7.71. The van der Waals surface area contributed by atoms with Crippen molar-refractivity contribution in [2.45, 2.75) is 0 Å². The van der Waals surface area contributed by atoms with Crippen molar-refractivity contribution in [3.05, 3.63) is 47.1 Å². The van der Waals surface area contributed by atoms with Crippen LogP contribution in [0.4, 0.5) is 15.9 Å². The first-order chi connectivity index (χ1) is 7.25. The molecule has 3 nitrogen and oxygen atoms in total. The van der Waals surface area contributed by atoms with Crippen molar-refractivity contribution in [2.24, 2.45) is 0 Å². The Bertz CT molecular complexity index is 461. The van der Waals surface area contributed by atoms with Gasteiger partial charge in [-0.15, -0.1) is 0 Å². The first-order valence-electron chi connectivity index (χ1n) is 4.24. The maximum absolute atomic E-state index is 13.4. The summed E-state index contributed by atoms with van der Waals surface area (Å²) >= 11 is 3.19. The molecule has 0 atom stereocenters. The van der Waals surface area contributed by atoms with Crippen molar-refractivity contribution in [1.82, 2.24) is 9.97 Å². The van der Waals surface area contributed by atoms with Crippen LogP contribution in [-0.2, 0) is 0 Å². The summed E-state index contributed by atoms with van der Waals surface area (Å²) in [6, 6.07) is 6.46. The van der Waals surface area contributed by atoms with Gasteiger partial charge in [0.1, 0.15) is 18.0 Å². The SMILES string of the molecule is Fc1cc(Br)ccc1Nc1ccncn1. The fourth-order valence-corrected chi connectivity index (χ4v) is 1.43. The van der Waals surface area contributed by atoms with Gasteiger partial charge in [0.2, 0.25) is 0 Å². The fraction of sp³-hybridized carbons (Fsp3) is 0. The molecule has 0 aliphatic carbocycles. The predicted octanol–water partition coefficient (Wildman–Crippen LogP) is 3.12. The maximum Gasteiger partial charge on any atom is 0.147 e. The van der Waals surface area contributed by atoms with E-state index in [4.69, 9.17) is 0 Å². The van der Waals surface area contributed by atoms with E-state index in [1.54, 1.807) is 24.4 Å². The summed E-state index contributed by atoms with van der Waals surface area (Å²) < 4.78 is 14.1. The molecule has 5 heteroatoms. The summed E-state index contributed by atoms with van der Waals surface area (Å²) in [6.45, 7) is 0. The highest BCUT2D eigenvalue weighted by molar-refractivity contribution is 9.10. The summed E-state index contributed by atoms with van der Waals surface area (Å²) in [5.41, 5.74) is 0.386. The molecule has 1 heterocycles. The zero-order valence-corrected chi connectivity index (χ0v) is 9.20.